The van der Waals surface area contributed by atoms with E-state index >= 15 is 0 Å². The van der Waals surface area contributed by atoms with Gasteiger partial charge in [0.25, 0.3) is 5.91 Å². The zero-order chi connectivity index (χ0) is 17.2. The van der Waals surface area contributed by atoms with E-state index in [2.05, 4.69) is 40.2 Å². The molecule has 4 nitrogen and oxygen atoms in total. The van der Waals surface area contributed by atoms with Crippen molar-refractivity contribution >= 4 is 5.91 Å². The predicted octanol–water partition coefficient (Wildman–Crippen LogP) is 3.98. The highest BCUT2D eigenvalue weighted by Crippen LogP contribution is 2.44. The van der Waals surface area contributed by atoms with Crippen LogP contribution in [0.2, 0.25) is 0 Å². The first-order chi connectivity index (χ1) is 12.2. The maximum Gasteiger partial charge on any atom is 0.255 e. The molecule has 25 heavy (non-hydrogen) atoms. The number of hydrogen-bond acceptors (Lipinski definition) is 3. The molecule has 0 radical (unpaired) electrons. The van der Waals surface area contributed by atoms with Gasteiger partial charge in [-0.25, -0.2) is 4.98 Å². The van der Waals surface area contributed by atoms with Gasteiger partial charge in [0, 0.05) is 24.8 Å². The van der Waals surface area contributed by atoms with E-state index in [1.54, 1.807) is 6.07 Å². The van der Waals surface area contributed by atoms with Gasteiger partial charge in [-0.2, -0.15) is 0 Å². The van der Waals surface area contributed by atoms with Crippen LogP contribution in [0.15, 0.2) is 48.7 Å². The summed E-state index contributed by atoms with van der Waals surface area (Å²) in [6, 6.07) is 14.2. The average Bonchev–Trinajstić information content (AvgIpc) is 2.68. The van der Waals surface area contributed by atoms with Gasteiger partial charge >= 0.3 is 0 Å². The van der Waals surface area contributed by atoms with Crippen LogP contribution in [0.3, 0.4) is 0 Å². The van der Waals surface area contributed by atoms with E-state index in [1.165, 1.54) is 37.1 Å². The summed E-state index contributed by atoms with van der Waals surface area (Å²) in [6.07, 6.45) is 7.24. The third kappa shape index (κ3) is 3.13. The second-order valence-corrected chi connectivity index (χ2v) is 7.23. The van der Waals surface area contributed by atoms with Gasteiger partial charge in [0.1, 0.15) is 0 Å². The van der Waals surface area contributed by atoms with Crippen molar-refractivity contribution in [2.24, 2.45) is 5.92 Å². The molecule has 0 bridgehead atoms. The first-order valence-corrected chi connectivity index (χ1v) is 9.25. The molecule has 2 heterocycles. The van der Waals surface area contributed by atoms with E-state index < -0.39 is 0 Å². The molecule has 1 saturated carbocycles. The largest absolute Gasteiger partial charge is 0.493 e. The summed E-state index contributed by atoms with van der Waals surface area (Å²) in [5.74, 6) is 1.10. The Hall–Kier alpha value is -2.36. The summed E-state index contributed by atoms with van der Waals surface area (Å²) in [7, 11) is 0. The quantitative estimate of drug-likeness (QED) is 0.902. The summed E-state index contributed by atoms with van der Waals surface area (Å²) in [6.45, 7) is 0.792. The van der Waals surface area contributed by atoms with Crippen molar-refractivity contribution in [3.05, 3.63) is 59.8 Å². The fourth-order valence-electron chi connectivity index (χ4n) is 4.70. The SMILES string of the molecule is O=C(c1ccc(O)nc1)N1CC[C@H](c2ccccc2)[C@H]2CCCC[C@H]21. The molecule has 1 amide bonds. The molecule has 1 aromatic carbocycles. The Morgan fingerprint density at radius 3 is 2.60 bits per heavy atom. The molecule has 1 aliphatic carbocycles. The summed E-state index contributed by atoms with van der Waals surface area (Å²) >= 11 is 0. The molecule has 3 atom stereocenters. The molecule has 1 aliphatic heterocycles. The Kier molecular flexibility index (Phi) is 4.43. The Labute approximate surface area is 148 Å². The van der Waals surface area contributed by atoms with Crippen LogP contribution in [0.1, 0.15) is 53.9 Å². The van der Waals surface area contributed by atoms with Crippen LogP contribution < -0.4 is 0 Å². The number of benzene rings is 1. The second kappa shape index (κ2) is 6.87. The van der Waals surface area contributed by atoms with Gasteiger partial charge in [-0.15, -0.1) is 0 Å². The normalized spacial score (nSPS) is 26.1. The van der Waals surface area contributed by atoms with E-state index in [-0.39, 0.29) is 11.8 Å². The van der Waals surface area contributed by atoms with Crippen molar-refractivity contribution in [2.45, 2.75) is 44.1 Å². The molecular formula is C21H24N2O2. The number of amides is 1. The predicted molar refractivity (Wildman–Crippen MR) is 96.5 cm³/mol. The van der Waals surface area contributed by atoms with E-state index in [9.17, 15) is 9.90 Å². The summed E-state index contributed by atoms with van der Waals surface area (Å²) in [5.41, 5.74) is 1.98. The number of carbonyl (C=O) groups is 1. The number of aromatic nitrogens is 1. The lowest BCUT2D eigenvalue weighted by Gasteiger charge is -2.48. The highest BCUT2D eigenvalue weighted by Gasteiger charge is 2.41. The van der Waals surface area contributed by atoms with Crippen molar-refractivity contribution < 1.29 is 9.90 Å². The number of fused-ring (bicyclic) bond motifs is 1. The fourth-order valence-corrected chi connectivity index (χ4v) is 4.70. The summed E-state index contributed by atoms with van der Waals surface area (Å²) in [5, 5.41) is 9.36. The van der Waals surface area contributed by atoms with Gasteiger partial charge in [0.2, 0.25) is 5.88 Å². The number of nitrogens with zero attached hydrogens (tertiary/aromatic N) is 2. The van der Waals surface area contributed by atoms with Gasteiger partial charge in [0.15, 0.2) is 0 Å². The minimum Gasteiger partial charge on any atom is -0.493 e. The minimum absolute atomic E-state index is 0.0464. The Morgan fingerprint density at radius 2 is 1.84 bits per heavy atom. The number of aromatic hydroxyl groups is 1. The zero-order valence-electron chi connectivity index (χ0n) is 14.3. The molecule has 0 unspecified atom stereocenters. The number of carbonyl (C=O) groups excluding carboxylic acids is 1. The molecule has 4 heteroatoms. The third-order valence-corrected chi connectivity index (χ3v) is 5.86. The number of pyridine rings is 1. The second-order valence-electron chi connectivity index (χ2n) is 7.23. The summed E-state index contributed by atoms with van der Waals surface area (Å²) < 4.78 is 0. The van der Waals surface area contributed by atoms with Gasteiger partial charge in [-0.05, 0) is 42.7 Å². The lowest BCUT2D eigenvalue weighted by Crippen LogP contribution is -2.52. The maximum absolute atomic E-state index is 13.0. The fraction of sp³-hybridized carbons (Fsp3) is 0.429. The highest BCUT2D eigenvalue weighted by atomic mass is 16.3. The number of likely N-dealkylation sites (tertiary alicyclic amines) is 1. The topological polar surface area (TPSA) is 53.4 Å². The molecule has 2 aromatic rings. The van der Waals surface area contributed by atoms with E-state index in [0.29, 0.717) is 23.4 Å². The Balaban J connectivity index is 1.59. The van der Waals surface area contributed by atoms with Crippen LogP contribution in [0.25, 0.3) is 0 Å². The van der Waals surface area contributed by atoms with Crippen molar-refractivity contribution in [2.75, 3.05) is 6.54 Å². The third-order valence-electron chi connectivity index (χ3n) is 5.86. The number of piperidine rings is 1. The molecule has 1 N–H and O–H groups in total. The van der Waals surface area contributed by atoms with Gasteiger partial charge < -0.3 is 10.0 Å². The van der Waals surface area contributed by atoms with Crippen LogP contribution in [0.5, 0.6) is 5.88 Å². The van der Waals surface area contributed by atoms with Crippen molar-refractivity contribution in [3.8, 4) is 5.88 Å². The van der Waals surface area contributed by atoms with Crippen molar-refractivity contribution in [1.29, 1.82) is 0 Å². The van der Waals surface area contributed by atoms with Crippen molar-refractivity contribution in [1.82, 2.24) is 9.88 Å². The average molecular weight is 336 g/mol. The molecular weight excluding hydrogens is 312 g/mol. The van der Waals surface area contributed by atoms with Gasteiger partial charge in [-0.1, -0.05) is 43.2 Å². The van der Waals surface area contributed by atoms with Crippen LogP contribution in [-0.2, 0) is 0 Å². The minimum atomic E-state index is -0.0464. The van der Waals surface area contributed by atoms with Gasteiger partial charge in [-0.3, -0.25) is 4.79 Å². The van der Waals surface area contributed by atoms with Crippen LogP contribution in [0, 0.1) is 5.92 Å². The number of rotatable bonds is 2. The Morgan fingerprint density at radius 1 is 1.04 bits per heavy atom. The van der Waals surface area contributed by atoms with Crippen LogP contribution >= 0.6 is 0 Å². The zero-order valence-corrected chi connectivity index (χ0v) is 14.3. The molecule has 4 rings (SSSR count). The molecule has 1 saturated heterocycles. The highest BCUT2D eigenvalue weighted by molar-refractivity contribution is 5.94. The lowest BCUT2D eigenvalue weighted by molar-refractivity contribution is 0.0319. The van der Waals surface area contributed by atoms with E-state index in [4.69, 9.17) is 0 Å². The first kappa shape index (κ1) is 16.1. The van der Waals surface area contributed by atoms with Gasteiger partial charge in [0.05, 0.1) is 5.56 Å². The molecule has 2 aliphatic rings. The first-order valence-electron chi connectivity index (χ1n) is 9.25. The molecule has 1 aromatic heterocycles. The van der Waals surface area contributed by atoms with E-state index in [1.807, 2.05) is 0 Å². The van der Waals surface area contributed by atoms with Crippen LogP contribution in [-0.4, -0.2) is 33.5 Å². The van der Waals surface area contributed by atoms with E-state index in [0.717, 1.165) is 19.4 Å². The maximum atomic E-state index is 13.0. The standard InChI is InChI=1S/C21H24N2O2/c24-20-11-10-16(14-22-20)21(25)23-13-12-17(15-6-2-1-3-7-15)18-8-4-5-9-19(18)23/h1-3,6-7,10-11,14,17-19H,4-5,8-9,12-13H2,(H,22,24)/t17-,18-,19-/m1/s1. The van der Waals surface area contributed by atoms with Crippen LogP contribution in [0.4, 0.5) is 0 Å². The summed E-state index contributed by atoms with van der Waals surface area (Å²) in [4.78, 5) is 18.9. The number of hydrogen-bond donors (Lipinski definition) is 1. The molecule has 2 fully saturated rings. The Bertz CT molecular complexity index is 729. The molecule has 130 valence electrons. The lowest BCUT2D eigenvalue weighted by atomic mass is 9.69. The monoisotopic (exact) mass is 336 g/mol. The van der Waals surface area contributed by atoms with Crippen molar-refractivity contribution in [3.63, 3.8) is 0 Å². The molecule has 0 spiro atoms. The smallest absolute Gasteiger partial charge is 0.255 e.